The molecule has 3 aromatic carbocycles. The topological polar surface area (TPSA) is 87.2 Å². The summed E-state index contributed by atoms with van der Waals surface area (Å²) in [5.41, 5.74) is 1.02. The summed E-state index contributed by atoms with van der Waals surface area (Å²) in [5.74, 6) is -1.76. The zero-order valence-electron chi connectivity index (χ0n) is 23.8. The number of aryl methyl sites for hydroxylation is 1. The molecule has 2 aliphatic rings. The molecule has 0 spiro atoms. The van der Waals surface area contributed by atoms with Crippen molar-refractivity contribution in [3.63, 3.8) is 0 Å². The van der Waals surface area contributed by atoms with Crippen LogP contribution in [0.1, 0.15) is 29.2 Å². The van der Waals surface area contributed by atoms with Crippen molar-refractivity contribution in [3.05, 3.63) is 87.9 Å². The van der Waals surface area contributed by atoms with Crippen LogP contribution in [0, 0.1) is 6.92 Å². The number of sulfonamides is 1. The van der Waals surface area contributed by atoms with Crippen LogP contribution < -0.4 is 9.21 Å². The third-order valence-electron chi connectivity index (χ3n) is 7.55. The average Bonchev–Trinajstić information content (AvgIpc) is 2.98. The molecule has 5 rings (SSSR count). The van der Waals surface area contributed by atoms with Gasteiger partial charge in [-0.3, -0.25) is 9.10 Å². The summed E-state index contributed by atoms with van der Waals surface area (Å²) < 4.78 is 75.2. The molecular formula is C31H29ClF3N3O5S. The molecule has 13 heteroatoms. The number of alkyl halides is 3. The second-order valence-corrected chi connectivity index (χ2v) is 12.7. The Morgan fingerprint density at radius 3 is 2.45 bits per heavy atom. The van der Waals surface area contributed by atoms with Crippen molar-refractivity contribution >= 4 is 57.0 Å². The van der Waals surface area contributed by atoms with E-state index in [4.69, 9.17) is 16.3 Å². The van der Waals surface area contributed by atoms with Gasteiger partial charge in [0.25, 0.3) is 10.0 Å². The highest BCUT2D eigenvalue weighted by atomic mass is 35.5. The molecule has 0 N–H and O–H groups in total. The van der Waals surface area contributed by atoms with Crippen LogP contribution in [0.4, 0.5) is 24.5 Å². The van der Waals surface area contributed by atoms with Gasteiger partial charge in [-0.2, -0.15) is 13.2 Å². The Morgan fingerprint density at radius 1 is 1.00 bits per heavy atom. The molecule has 1 atom stereocenters. The number of piperazine rings is 1. The van der Waals surface area contributed by atoms with E-state index in [9.17, 15) is 31.2 Å². The first-order valence-corrected chi connectivity index (χ1v) is 15.6. The largest absolute Gasteiger partial charge is 0.459 e. The molecule has 8 nitrogen and oxygen atoms in total. The summed E-state index contributed by atoms with van der Waals surface area (Å²) in [7, 11) is -4.11. The van der Waals surface area contributed by atoms with Crippen molar-refractivity contribution in [3.8, 4) is 0 Å². The number of hydrogen-bond donors (Lipinski definition) is 0. The third-order valence-corrected chi connectivity index (χ3v) is 9.66. The minimum atomic E-state index is -4.62. The number of benzene rings is 3. The lowest BCUT2D eigenvalue weighted by molar-refractivity contribution is -0.160. The minimum Gasteiger partial charge on any atom is -0.459 e. The van der Waals surface area contributed by atoms with E-state index in [1.165, 1.54) is 39.6 Å². The number of anilines is 2. The Bertz CT molecular complexity index is 1750. The summed E-state index contributed by atoms with van der Waals surface area (Å²) in [6.45, 7) is 4.02. The number of rotatable bonds is 5. The van der Waals surface area contributed by atoms with Gasteiger partial charge in [0.1, 0.15) is 0 Å². The summed E-state index contributed by atoms with van der Waals surface area (Å²) in [5, 5.41) is -0.0734. The highest BCUT2D eigenvalue weighted by Gasteiger charge is 2.42. The molecule has 1 amide bonds. The van der Waals surface area contributed by atoms with Crippen molar-refractivity contribution in [2.24, 2.45) is 0 Å². The Kier molecular flexibility index (Phi) is 8.68. The van der Waals surface area contributed by atoms with Crippen LogP contribution in [0.25, 0.3) is 12.2 Å². The second-order valence-electron chi connectivity index (χ2n) is 10.5. The standard InChI is InChI=1S/C31H29ClF3N3O5S/c1-3-43-30(40)29(39)36-14-15-37-22(18-36)19-38(44(41,42)23-7-4-6-20(2)16-23)28-17-21(11-13-27(28)37)10-12-24-25(31(33,34)35)8-5-9-26(24)32/h4-13,16-17,22H,3,14-15,18-19H2,1-2H3/b12-10+/t22-/m0/s1. The first-order valence-electron chi connectivity index (χ1n) is 13.8. The second kappa shape index (κ2) is 12.2. The van der Waals surface area contributed by atoms with Crippen molar-refractivity contribution in [2.45, 2.75) is 31.0 Å². The van der Waals surface area contributed by atoms with Gasteiger partial charge >= 0.3 is 18.1 Å². The van der Waals surface area contributed by atoms with Crippen molar-refractivity contribution < 1.29 is 35.9 Å². The lowest BCUT2D eigenvalue weighted by Gasteiger charge is -2.48. The molecule has 1 saturated heterocycles. The molecule has 44 heavy (non-hydrogen) atoms. The Morgan fingerprint density at radius 2 is 1.75 bits per heavy atom. The van der Waals surface area contributed by atoms with Gasteiger partial charge in [0.2, 0.25) is 0 Å². The molecule has 1 fully saturated rings. The summed E-state index contributed by atoms with van der Waals surface area (Å²) >= 11 is 6.13. The van der Waals surface area contributed by atoms with Gasteiger partial charge in [0.05, 0.1) is 41.0 Å². The van der Waals surface area contributed by atoms with Crippen LogP contribution in [0.2, 0.25) is 5.02 Å². The maximum atomic E-state index is 14.1. The van der Waals surface area contributed by atoms with E-state index in [1.54, 1.807) is 50.2 Å². The summed E-state index contributed by atoms with van der Waals surface area (Å²) in [6, 6.07) is 14.5. The van der Waals surface area contributed by atoms with Gasteiger partial charge in [-0.15, -0.1) is 0 Å². The average molecular weight is 648 g/mol. The van der Waals surface area contributed by atoms with E-state index in [1.807, 2.05) is 4.90 Å². The Balaban J connectivity index is 1.56. The van der Waals surface area contributed by atoms with Crippen LogP contribution >= 0.6 is 11.6 Å². The maximum absolute atomic E-state index is 14.1. The number of esters is 1. The van der Waals surface area contributed by atoms with E-state index in [0.29, 0.717) is 23.5 Å². The smallest absolute Gasteiger partial charge is 0.417 e. The maximum Gasteiger partial charge on any atom is 0.417 e. The fourth-order valence-corrected chi connectivity index (χ4v) is 7.33. The molecule has 2 aliphatic heterocycles. The molecule has 232 valence electrons. The predicted octanol–water partition coefficient (Wildman–Crippen LogP) is 5.63. The van der Waals surface area contributed by atoms with Gasteiger partial charge in [0, 0.05) is 30.2 Å². The van der Waals surface area contributed by atoms with Crippen LogP contribution in [-0.4, -0.2) is 64.0 Å². The number of nitrogens with zero attached hydrogens (tertiary/aromatic N) is 3. The van der Waals surface area contributed by atoms with Gasteiger partial charge in [-0.1, -0.05) is 48.0 Å². The fraction of sp³-hybridized carbons (Fsp3) is 0.290. The van der Waals surface area contributed by atoms with Gasteiger partial charge in [-0.25, -0.2) is 13.2 Å². The van der Waals surface area contributed by atoms with Crippen molar-refractivity contribution in [2.75, 3.05) is 42.0 Å². The molecule has 0 aromatic heterocycles. The van der Waals surface area contributed by atoms with E-state index in [2.05, 4.69) is 0 Å². The monoisotopic (exact) mass is 647 g/mol. The van der Waals surface area contributed by atoms with E-state index in [0.717, 1.165) is 11.6 Å². The van der Waals surface area contributed by atoms with Crippen LogP contribution in [-0.2, 0) is 30.5 Å². The molecule has 0 radical (unpaired) electrons. The highest BCUT2D eigenvalue weighted by Crippen LogP contribution is 2.41. The van der Waals surface area contributed by atoms with Crippen molar-refractivity contribution in [1.82, 2.24) is 4.90 Å². The molecule has 0 saturated carbocycles. The van der Waals surface area contributed by atoms with E-state index < -0.39 is 39.7 Å². The normalized spacial score (nSPS) is 17.0. The summed E-state index contributed by atoms with van der Waals surface area (Å²) in [4.78, 5) is 28.2. The molecular weight excluding hydrogens is 619 g/mol. The number of amides is 1. The van der Waals surface area contributed by atoms with Gasteiger partial charge in [0.15, 0.2) is 0 Å². The Labute approximate surface area is 258 Å². The highest BCUT2D eigenvalue weighted by molar-refractivity contribution is 7.92. The Hall–Kier alpha value is -4.03. The van der Waals surface area contributed by atoms with E-state index >= 15 is 0 Å². The van der Waals surface area contributed by atoms with Crippen LogP contribution in [0.5, 0.6) is 0 Å². The third kappa shape index (κ3) is 6.14. The fourth-order valence-electron chi connectivity index (χ4n) is 5.48. The molecule has 3 aromatic rings. The molecule has 0 aliphatic carbocycles. The number of carbonyl (C=O) groups is 2. The molecule has 2 heterocycles. The van der Waals surface area contributed by atoms with E-state index in [-0.39, 0.29) is 41.7 Å². The number of ether oxygens (including phenoxy) is 1. The number of halogens is 4. The SMILES string of the molecule is CCOC(=O)C(=O)N1CCN2c3ccc(/C=C/c4c(Cl)cccc4C(F)(F)F)cc3N(S(=O)(=O)c3cccc(C)c3)C[C@@H]2C1. The zero-order chi connectivity index (χ0) is 31.8. The first kappa shape index (κ1) is 31.4. The van der Waals surface area contributed by atoms with Crippen LogP contribution in [0.3, 0.4) is 0 Å². The first-order chi connectivity index (χ1) is 20.8. The molecule has 0 unspecified atom stereocenters. The lowest BCUT2D eigenvalue weighted by Crippen LogP contribution is -2.62. The number of hydrogen-bond acceptors (Lipinski definition) is 6. The zero-order valence-corrected chi connectivity index (χ0v) is 25.4. The van der Waals surface area contributed by atoms with Crippen molar-refractivity contribution in [1.29, 1.82) is 0 Å². The summed E-state index contributed by atoms with van der Waals surface area (Å²) in [6.07, 6.45) is -1.90. The van der Waals surface area contributed by atoms with Gasteiger partial charge < -0.3 is 14.5 Å². The van der Waals surface area contributed by atoms with Crippen LogP contribution in [0.15, 0.2) is 65.6 Å². The minimum absolute atomic E-state index is 0.0359. The molecule has 0 bridgehead atoms. The predicted molar refractivity (Wildman–Crippen MR) is 162 cm³/mol. The number of carbonyl (C=O) groups excluding carboxylic acids is 2. The van der Waals surface area contributed by atoms with Gasteiger partial charge in [-0.05, 0) is 61.4 Å². The quantitative estimate of drug-likeness (QED) is 0.203. The lowest BCUT2D eigenvalue weighted by atomic mass is 10.0. The number of fused-ring (bicyclic) bond motifs is 3.